The summed E-state index contributed by atoms with van der Waals surface area (Å²) in [6.07, 6.45) is 3.59. The summed E-state index contributed by atoms with van der Waals surface area (Å²) in [5.41, 5.74) is 6.71. The van der Waals surface area contributed by atoms with E-state index in [1.165, 1.54) is 6.07 Å². The molecule has 0 radical (unpaired) electrons. The van der Waals surface area contributed by atoms with E-state index < -0.39 is 10.5 Å². The summed E-state index contributed by atoms with van der Waals surface area (Å²) in [7, 11) is 0. The Hall–Kier alpha value is -1.66. The fourth-order valence-electron chi connectivity index (χ4n) is 2.90. The largest absolute Gasteiger partial charge is 0.326 e. The average molecular weight is 328 g/mol. The summed E-state index contributed by atoms with van der Waals surface area (Å²) in [6.45, 7) is 3.57. The molecule has 1 aromatic rings. The zero-order valence-electron chi connectivity index (χ0n) is 12.8. The van der Waals surface area contributed by atoms with Gasteiger partial charge in [0.25, 0.3) is 5.69 Å². The monoisotopic (exact) mass is 327 g/mol. The highest BCUT2D eigenvalue weighted by molar-refractivity contribution is 5.93. The number of aryl methyl sites for hydroxylation is 1. The number of hydrogen-bond donors (Lipinski definition) is 2. The van der Waals surface area contributed by atoms with E-state index in [2.05, 4.69) is 5.32 Å². The highest BCUT2D eigenvalue weighted by atomic mass is 35.5. The molecule has 6 nitrogen and oxygen atoms in total. The molecule has 1 amide bonds. The number of halogens is 1. The molecule has 2 rings (SSSR count). The van der Waals surface area contributed by atoms with Crippen molar-refractivity contribution in [2.75, 3.05) is 5.32 Å². The lowest BCUT2D eigenvalue weighted by Gasteiger charge is -2.37. The first kappa shape index (κ1) is 18.4. The molecule has 7 heteroatoms. The van der Waals surface area contributed by atoms with E-state index in [-0.39, 0.29) is 29.9 Å². The van der Waals surface area contributed by atoms with E-state index in [4.69, 9.17) is 5.73 Å². The van der Waals surface area contributed by atoms with Crippen molar-refractivity contribution in [2.45, 2.75) is 45.1 Å². The standard InChI is InChI=1S/C15H21N3O3.ClH/c1-10-6-7-11(9-13(10)18(20)21)17-14(19)12-5-3-4-8-15(12,2)16;/h6-7,9,12H,3-5,8,16H2,1-2H3,(H,17,19);1H. The lowest BCUT2D eigenvalue weighted by Crippen LogP contribution is -2.51. The van der Waals surface area contributed by atoms with Crippen molar-refractivity contribution in [3.05, 3.63) is 33.9 Å². The first-order valence-electron chi connectivity index (χ1n) is 7.16. The first-order chi connectivity index (χ1) is 9.81. The predicted molar refractivity (Wildman–Crippen MR) is 88.3 cm³/mol. The molecule has 0 spiro atoms. The number of carbonyl (C=O) groups excluding carboxylic acids is 1. The van der Waals surface area contributed by atoms with E-state index in [1.54, 1.807) is 19.1 Å². The van der Waals surface area contributed by atoms with Crippen LogP contribution in [0.25, 0.3) is 0 Å². The van der Waals surface area contributed by atoms with Gasteiger partial charge in [0.15, 0.2) is 0 Å². The Kier molecular flexibility index (Phi) is 5.91. The normalized spacial score (nSPS) is 24.2. The maximum Gasteiger partial charge on any atom is 0.274 e. The second-order valence-corrected chi connectivity index (χ2v) is 6.05. The Balaban J connectivity index is 0.00000242. The van der Waals surface area contributed by atoms with Crippen molar-refractivity contribution in [1.82, 2.24) is 0 Å². The van der Waals surface area contributed by atoms with Crippen LogP contribution in [0.4, 0.5) is 11.4 Å². The van der Waals surface area contributed by atoms with Gasteiger partial charge in [0.05, 0.1) is 10.8 Å². The van der Waals surface area contributed by atoms with Crippen molar-refractivity contribution in [2.24, 2.45) is 11.7 Å². The molecule has 1 aromatic carbocycles. The van der Waals surface area contributed by atoms with E-state index >= 15 is 0 Å². The number of benzene rings is 1. The molecule has 2 atom stereocenters. The molecule has 0 bridgehead atoms. The number of nitro benzene ring substituents is 1. The van der Waals surface area contributed by atoms with Gasteiger partial charge in [0.1, 0.15) is 0 Å². The molecular weight excluding hydrogens is 306 g/mol. The van der Waals surface area contributed by atoms with Crippen LogP contribution >= 0.6 is 12.4 Å². The van der Waals surface area contributed by atoms with E-state index in [1.807, 2.05) is 6.92 Å². The van der Waals surface area contributed by atoms with Gasteiger partial charge >= 0.3 is 0 Å². The SMILES string of the molecule is Cc1ccc(NC(=O)C2CCCCC2(C)N)cc1[N+](=O)[O-].Cl. The molecule has 1 saturated carbocycles. The number of amides is 1. The van der Waals surface area contributed by atoms with Gasteiger partial charge in [-0.3, -0.25) is 14.9 Å². The van der Waals surface area contributed by atoms with Crippen LogP contribution in [0.5, 0.6) is 0 Å². The third-order valence-corrected chi connectivity index (χ3v) is 4.24. The van der Waals surface area contributed by atoms with Gasteiger partial charge in [-0.25, -0.2) is 0 Å². The number of anilines is 1. The number of carbonyl (C=O) groups is 1. The quantitative estimate of drug-likeness (QED) is 0.658. The van der Waals surface area contributed by atoms with Gasteiger partial charge in [-0.05, 0) is 32.8 Å². The van der Waals surface area contributed by atoms with Gasteiger partial charge in [-0.15, -0.1) is 12.4 Å². The topological polar surface area (TPSA) is 98.3 Å². The van der Waals surface area contributed by atoms with Gasteiger partial charge in [0.2, 0.25) is 5.91 Å². The van der Waals surface area contributed by atoms with E-state index in [0.29, 0.717) is 11.3 Å². The summed E-state index contributed by atoms with van der Waals surface area (Å²) in [5.74, 6) is -0.413. The summed E-state index contributed by atoms with van der Waals surface area (Å²) >= 11 is 0. The number of rotatable bonds is 3. The van der Waals surface area contributed by atoms with E-state index in [9.17, 15) is 14.9 Å². The molecule has 0 heterocycles. The lowest BCUT2D eigenvalue weighted by molar-refractivity contribution is -0.385. The molecule has 0 aliphatic heterocycles. The summed E-state index contributed by atoms with van der Waals surface area (Å²) in [6, 6.07) is 4.71. The van der Waals surface area contributed by atoms with Crippen LogP contribution in [-0.2, 0) is 4.79 Å². The van der Waals surface area contributed by atoms with E-state index in [0.717, 1.165) is 25.7 Å². The number of nitrogens with two attached hydrogens (primary N) is 1. The molecule has 1 aliphatic rings. The minimum Gasteiger partial charge on any atom is -0.326 e. The maximum atomic E-state index is 12.4. The number of hydrogen-bond acceptors (Lipinski definition) is 4. The second-order valence-electron chi connectivity index (χ2n) is 6.05. The van der Waals surface area contributed by atoms with Gasteiger partial charge in [0, 0.05) is 22.9 Å². The lowest BCUT2D eigenvalue weighted by atomic mass is 9.74. The molecule has 3 N–H and O–H groups in total. The predicted octanol–water partition coefficient (Wildman–Crippen LogP) is 3.17. The van der Waals surface area contributed by atoms with Crippen LogP contribution in [0.2, 0.25) is 0 Å². The fraction of sp³-hybridized carbons (Fsp3) is 0.533. The van der Waals surface area contributed by atoms with Gasteiger partial charge in [-0.1, -0.05) is 18.9 Å². The highest BCUT2D eigenvalue weighted by Gasteiger charge is 2.37. The first-order valence-corrected chi connectivity index (χ1v) is 7.16. The second kappa shape index (κ2) is 7.07. The Labute approximate surface area is 136 Å². The Morgan fingerprint density at radius 2 is 2.14 bits per heavy atom. The summed E-state index contributed by atoms with van der Waals surface area (Å²) < 4.78 is 0. The highest BCUT2D eigenvalue weighted by Crippen LogP contribution is 2.33. The third kappa shape index (κ3) is 3.96. The summed E-state index contributed by atoms with van der Waals surface area (Å²) in [4.78, 5) is 22.9. The smallest absolute Gasteiger partial charge is 0.274 e. The molecule has 1 aliphatic carbocycles. The van der Waals surface area contributed by atoms with Crippen molar-refractivity contribution in [3.63, 3.8) is 0 Å². The zero-order valence-corrected chi connectivity index (χ0v) is 13.6. The number of nitrogens with zero attached hydrogens (tertiary/aromatic N) is 1. The van der Waals surface area contributed by atoms with Crippen molar-refractivity contribution in [1.29, 1.82) is 0 Å². The van der Waals surface area contributed by atoms with Gasteiger partial charge in [-0.2, -0.15) is 0 Å². The van der Waals surface area contributed by atoms with Gasteiger partial charge < -0.3 is 11.1 Å². The third-order valence-electron chi connectivity index (χ3n) is 4.24. The zero-order chi connectivity index (χ0) is 15.6. The molecule has 22 heavy (non-hydrogen) atoms. The molecule has 1 fully saturated rings. The molecule has 0 aromatic heterocycles. The molecule has 0 saturated heterocycles. The number of nitrogens with one attached hydrogen (secondary N) is 1. The Bertz CT molecular complexity index is 575. The molecule has 2 unspecified atom stereocenters. The number of nitro groups is 1. The van der Waals surface area contributed by atoms with Crippen molar-refractivity contribution >= 4 is 29.7 Å². The molecule has 122 valence electrons. The van der Waals surface area contributed by atoms with Crippen LogP contribution in [0.15, 0.2) is 18.2 Å². The van der Waals surface area contributed by atoms with Crippen LogP contribution in [-0.4, -0.2) is 16.4 Å². The fourth-order valence-corrected chi connectivity index (χ4v) is 2.90. The van der Waals surface area contributed by atoms with Crippen molar-refractivity contribution < 1.29 is 9.72 Å². The van der Waals surface area contributed by atoms with Crippen LogP contribution < -0.4 is 11.1 Å². The Morgan fingerprint density at radius 3 is 2.73 bits per heavy atom. The van der Waals surface area contributed by atoms with Crippen LogP contribution in [0.1, 0.15) is 38.2 Å². The Morgan fingerprint density at radius 1 is 1.45 bits per heavy atom. The summed E-state index contributed by atoms with van der Waals surface area (Å²) in [5, 5.41) is 13.7. The molecular formula is C15H22ClN3O3. The van der Waals surface area contributed by atoms with Crippen LogP contribution in [0.3, 0.4) is 0 Å². The minimum absolute atomic E-state index is 0. The minimum atomic E-state index is -0.515. The van der Waals surface area contributed by atoms with Crippen LogP contribution in [0, 0.1) is 23.0 Å². The van der Waals surface area contributed by atoms with Crippen molar-refractivity contribution in [3.8, 4) is 0 Å². The maximum absolute atomic E-state index is 12.4. The average Bonchev–Trinajstić information content (AvgIpc) is 2.40.